The molecule has 0 spiro atoms. The molecule has 0 atom stereocenters. The first-order chi connectivity index (χ1) is 15.5. The lowest BCUT2D eigenvalue weighted by Gasteiger charge is -2.09. The van der Waals surface area contributed by atoms with Crippen molar-refractivity contribution in [2.45, 2.75) is 32.8 Å². The Bertz CT molecular complexity index is 1320. The zero-order valence-corrected chi connectivity index (χ0v) is 18.2. The molecule has 2 aromatic heterocycles. The first kappa shape index (κ1) is 21.6. The number of hydrogen-bond donors (Lipinski definition) is 1. The lowest BCUT2D eigenvalue weighted by Crippen LogP contribution is -2.16. The van der Waals surface area contributed by atoms with Crippen LogP contribution in [-0.2, 0) is 13.0 Å². The number of hydrogen-bond acceptors (Lipinski definition) is 6. The summed E-state index contributed by atoms with van der Waals surface area (Å²) >= 11 is 1.41. The summed E-state index contributed by atoms with van der Waals surface area (Å²) in [6.45, 7) is 2.20. The number of anilines is 1. The minimum Gasteiger partial charge on any atom is -0.487 e. The van der Waals surface area contributed by atoms with Crippen molar-refractivity contribution < 1.29 is 13.9 Å². The number of amides is 1. The smallest absolute Gasteiger partial charge is 0.275 e. The van der Waals surface area contributed by atoms with Crippen LogP contribution in [0.5, 0.6) is 5.75 Å². The third-order valence-corrected chi connectivity index (χ3v) is 5.62. The van der Waals surface area contributed by atoms with Gasteiger partial charge in [0.25, 0.3) is 11.5 Å². The Balaban J connectivity index is 1.44. The molecule has 32 heavy (non-hydrogen) atoms. The van der Waals surface area contributed by atoms with Crippen LogP contribution in [0.2, 0.25) is 0 Å². The van der Waals surface area contributed by atoms with Crippen LogP contribution in [0.3, 0.4) is 0 Å². The van der Waals surface area contributed by atoms with Crippen LogP contribution in [-0.4, -0.2) is 20.5 Å². The second-order valence-electron chi connectivity index (χ2n) is 7.16. The molecule has 2 heterocycles. The van der Waals surface area contributed by atoms with Crippen LogP contribution < -0.4 is 15.6 Å². The first-order valence-electron chi connectivity index (χ1n) is 10.2. The van der Waals surface area contributed by atoms with Crippen LogP contribution in [0.15, 0.2) is 59.4 Å². The van der Waals surface area contributed by atoms with Gasteiger partial charge in [0.05, 0.1) is 5.69 Å². The van der Waals surface area contributed by atoms with Crippen LogP contribution in [0.1, 0.15) is 40.8 Å². The Kier molecular flexibility index (Phi) is 6.55. The van der Waals surface area contributed by atoms with Crippen molar-refractivity contribution in [3.63, 3.8) is 0 Å². The number of aromatic nitrogens is 3. The summed E-state index contributed by atoms with van der Waals surface area (Å²) in [5.41, 5.74) is 0.971. The van der Waals surface area contributed by atoms with E-state index in [2.05, 4.69) is 22.3 Å². The fourth-order valence-electron chi connectivity index (χ4n) is 3.05. The maximum Gasteiger partial charge on any atom is 0.275 e. The molecule has 4 rings (SSSR count). The van der Waals surface area contributed by atoms with Crippen LogP contribution in [0.25, 0.3) is 4.96 Å². The molecule has 0 aliphatic heterocycles. The van der Waals surface area contributed by atoms with Gasteiger partial charge in [-0.15, -0.1) is 0 Å². The maximum atomic E-state index is 13.3. The average Bonchev–Trinajstić information content (AvgIpc) is 3.20. The number of unbranched alkanes of at least 4 members (excludes halogenated alkanes) is 1. The van der Waals surface area contributed by atoms with Gasteiger partial charge in [-0.2, -0.15) is 9.61 Å². The van der Waals surface area contributed by atoms with E-state index >= 15 is 0 Å². The maximum absolute atomic E-state index is 13.3. The number of rotatable bonds is 8. The summed E-state index contributed by atoms with van der Waals surface area (Å²) < 4.78 is 20.4. The van der Waals surface area contributed by atoms with Crippen molar-refractivity contribution in [1.82, 2.24) is 14.6 Å². The van der Waals surface area contributed by atoms with Crippen LogP contribution in [0, 0.1) is 5.82 Å². The van der Waals surface area contributed by atoms with Crippen molar-refractivity contribution in [3.05, 3.63) is 87.0 Å². The minimum atomic E-state index is -0.478. The number of halogens is 1. The lowest BCUT2D eigenvalue weighted by molar-refractivity contribution is 0.102. The molecule has 0 bridgehead atoms. The number of nitrogens with one attached hydrogen (secondary N) is 1. The molecule has 0 saturated carbocycles. The number of aryl methyl sites for hydroxylation is 1. The van der Waals surface area contributed by atoms with E-state index in [9.17, 15) is 14.0 Å². The SMILES string of the molecule is CCCCc1nn2c(=O)cc(COc3cccc(NC(=O)c4cccc(F)c4)c3)nc2s1. The van der Waals surface area contributed by atoms with Crippen molar-refractivity contribution in [3.8, 4) is 5.75 Å². The number of benzene rings is 2. The summed E-state index contributed by atoms with van der Waals surface area (Å²) in [6, 6.07) is 13.7. The van der Waals surface area contributed by atoms with Gasteiger partial charge in [0, 0.05) is 29.8 Å². The topological polar surface area (TPSA) is 85.6 Å². The summed E-state index contributed by atoms with van der Waals surface area (Å²) in [6.07, 6.45) is 2.89. The molecule has 0 unspecified atom stereocenters. The third-order valence-electron chi connectivity index (χ3n) is 4.65. The average molecular weight is 453 g/mol. The molecular formula is C23H21FN4O3S. The standard InChI is InChI=1S/C23H21FN4O3S/c1-2-3-10-20-27-28-21(29)13-18(26-23(28)32-20)14-31-19-9-5-8-17(12-19)25-22(30)15-6-4-7-16(24)11-15/h4-9,11-13H,2-3,10,14H2,1H3,(H,25,30). The van der Waals surface area contributed by atoms with E-state index in [4.69, 9.17) is 4.74 Å². The Morgan fingerprint density at radius 3 is 2.84 bits per heavy atom. The van der Waals surface area contributed by atoms with Gasteiger partial charge in [0.2, 0.25) is 4.96 Å². The number of fused-ring (bicyclic) bond motifs is 1. The van der Waals surface area contributed by atoms with Crippen LogP contribution >= 0.6 is 11.3 Å². The zero-order valence-electron chi connectivity index (χ0n) is 17.4. The second kappa shape index (κ2) is 9.69. The van der Waals surface area contributed by atoms with Gasteiger partial charge in [0.1, 0.15) is 23.2 Å². The molecule has 0 aliphatic rings. The Morgan fingerprint density at radius 2 is 2.03 bits per heavy atom. The fraction of sp³-hybridized carbons (Fsp3) is 0.217. The lowest BCUT2D eigenvalue weighted by atomic mass is 10.2. The van der Waals surface area contributed by atoms with E-state index < -0.39 is 11.7 Å². The van der Waals surface area contributed by atoms with Crippen molar-refractivity contribution in [2.24, 2.45) is 0 Å². The summed E-state index contributed by atoms with van der Waals surface area (Å²) in [4.78, 5) is 29.7. The summed E-state index contributed by atoms with van der Waals surface area (Å²) in [5, 5.41) is 7.94. The fourth-order valence-corrected chi connectivity index (χ4v) is 4.01. The molecule has 0 radical (unpaired) electrons. The number of ether oxygens (including phenoxy) is 1. The van der Waals surface area contributed by atoms with E-state index in [1.54, 1.807) is 24.3 Å². The van der Waals surface area contributed by atoms with Gasteiger partial charge < -0.3 is 10.1 Å². The predicted molar refractivity (Wildman–Crippen MR) is 121 cm³/mol. The summed E-state index contributed by atoms with van der Waals surface area (Å²) in [7, 11) is 0. The van der Waals surface area contributed by atoms with Gasteiger partial charge in [-0.3, -0.25) is 9.59 Å². The number of carbonyl (C=O) groups excluding carboxylic acids is 1. The van der Waals surface area contributed by atoms with Crippen molar-refractivity contribution in [1.29, 1.82) is 0 Å². The van der Waals surface area contributed by atoms with Gasteiger partial charge in [-0.05, 0) is 36.8 Å². The van der Waals surface area contributed by atoms with E-state index in [0.717, 1.165) is 24.3 Å². The van der Waals surface area contributed by atoms with E-state index in [0.29, 0.717) is 22.1 Å². The largest absolute Gasteiger partial charge is 0.487 e. The zero-order chi connectivity index (χ0) is 22.5. The molecular weight excluding hydrogens is 431 g/mol. The molecule has 7 nitrogen and oxygen atoms in total. The number of nitrogens with zero attached hydrogens (tertiary/aromatic N) is 3. The number of carbonyl (C=O) groups is 1. The molecule has 0 fully saturated rings. The molecule has 2 aromatic carbocycles. The molecule has 164 valence electrons. The molecule has 0 saturated heterocycles. The molecule has 0 aliphatic carbocycles. The van der Waals surface area contributed by atoms with E-state index in [1.807, 2.05) is 0 Å². The van der Waals surface area contributed by atoms with Crippen LogP contribution in [0.4, 0.5) is 10.1 Å². The summed E-state index contributed by atoms with van der Waals surface area (Å²) in [5.74, 6) is -0.406. The third kappa shape index (κ3) is 5.17. The molecule has 1 amide bonds. The highest BCUT2D eigenvalue weighted by Crippen LogP contribution is 2.20. The highest BCUT2D eigenvalue weighted by molar-refractivity contribution is 7.16. The monoisotopic (exact) mass is 452 g/mol. The Morgan fingerprint density at radius 1 is 1.19 bits per heavy atom. The molecule has 4 aromatic rings. The van der Waals surface area contributed by atoms with Crippen molar-refractivity contribution >= 4 is 27.9 Å². The molecule has 9 heteroatoms. The molecule has 1 N–H and O–H groups in total. The van der Waals surface area contributed by atoms with Gasteiger partial charge in [0.15, 0.2) is 0 Å². The Labute approximate surface area is 187 Å². The quantitative estimate of drug-likeness (QED) is 0.427. The van der Waals surface area contributed by atoms with E-state index in [-0.39, 0.29) is 17.7 Å². The predicted octanol–water partition coefficient (Wildman–Crippen LogP) is 4.46. The van der Waals surface area contributed by atoms with Gasteiger partial charge in [-0.1, -0.05) is 36.8 Å². The highest BCUT2D eigenvalue weighted by atomic mass is 32.1. The van der Waals surface area contributed by atoms with Gasteiger partial charge in [-0.25, -0.2) is 9.37 Å². The Hall–Kier alpha value is -3.59. The van der Waals surface area contributed by atoms with Crippen molar-refractivity contribution in [2.75, 3.05) is 5.32 Å². The normalized spacial score (nSPS) is 10.9. The highest BCUT2D eigenvalue weighted by Gasteiger charge is 2.11. The minimum absolute atomic E-state index is 0.0925. The first-order valence-corrected chi connectivity index (χ1v) is 11.0. The van der Waals surface area contributed by atoms with Gasteiger partial charge >= 0.3 is 0 Å². The second-order valence-corrected chi connectivity index (χ2v) is 8.20. The van der Waals surface area contributed by atoms with E-state index in [1.165, 1.54) is 46.2 Å².